The Kier molecular flexibility index (Phi) is 30.2. The van der Waals surface area contributed by atoms with Crippen molar-refractivity contribution in [2.24, 2.45) is 23.3 Å². The molecule has 420 valence electrons. The molecule has 9 amide bonds. The van der Waals surface area contributed by atoms with Crippen molar-refractivity contribution >= 4 is 82.8 Å². The predicted molar refractivity (Wildman–Crippen MR) is 269 cm³/mol. The maximum atomic E-state index is 13.8. The number of aromatic hydroxyl groups is 1. The molecule has 75 heavy (non-hydrogen) atoms. The number of carboxylic acids is 3. The summed E-state index contributed by atoms with van der Waals surface area (Å²) in [5.41, 5.74) is 11.8. The van der Waals surface area contributed by atoms with Crippen LogP contribution in [0.25, 0.3) is 0 Å². The Labute approximate surface area is 437 Å². The molecule has 1 aromatic carbocycles. The van der Waals surface area contributed by atoms with Crippen LogP contribution >= 0.6 is 11.8 Å². The topological polar surface area (TPSA) is 466 Å². The molecule has 0 spiro atoms. The molecule has 0 heterocycles. The van der Waals surface area contributed by atoms with Gasteiger partial charge in [-0.3, -0.25) is 52.7 Å². The number of unbranched alkanes of at least 4 members (excludes halogenated alkanes) is 1. The van der Waals surface area contributed by atoms with E-state index in [1.807, 2.05) is 0 Å². The quantitative estimate of drug-likeness (QED) is 0.0282. The highest BCUT2D eigenvalue weighted by molar-refractivity contribution is 7.98. The summed E-state index contributed by atoms with van der Waals surface area (Å²) < 4.78 is 0. The van der Waals surface area contributed by atoms with Crippen LogP contribution in [0.4, 0.5) is 0 Å². The Hall–Kier alpha value is -7.11. The van der Waals surface area contributed by atoms with Gasteiger partial charge in [-0.05, 0) is 80.2 Å². The number of hydrogen-bond donors (Lipinski definition) is 16. The van der Waals surface area contributed by atoms with E-state index >= 15 is 0 Å². The SMILES string of the molecule is CSCC[C@H](NC(=O)CNC(=O)[C@@H](N)C(C)C)C(=O)NCC(=O)N[C@@H](CCC(=O)O)C(=O)N[C@@H](CCCCN)C(=O)N[C@@H](CC(=O)O)C(=O)N[C@@H](CO)C(=O)N[C@@H](Cc1ccc(O)cc1)C(=O)N[C@H](C(=O)O)C(C)C. The van der Waals surface area contributed by atoms with Crippen molar-refractivity contribution < 1.29 is 83.1 Å². The maximum absolute atomic E-state index is 13.8. The number of phenolic OH excluding ortho intramolecular Hbond substituents is 1. The first-order valence-corrected chi connectivity index (χ1v) is 25.3. The van der Waals surface area contributed by atoms with Crippen LogP contribution in [0, 0.1) is 11.8 Å². The van der Waals surface area contributed by atoms with Crippen LogP contribution in [0.1, 0.15) is 78.2 Å². The average Bonchev–Trinajstić information content (AvgIpc) is 3.34. The highest BCUT2D eigenvalue weighted by Gasteiger charge is 2.35. The van der Waals surface area contributed by atoms with Crippen molar-refractivity contribution in [2.45, 2.75) is 127 Å². The van der Waals surface area contributed by atoms with Crippen molar-refractivity contribution in [1.82, 2.24) is 47.9 Å². The van der Waals surface area contributed by atoms with E-state index < -0.39 is 164 Å². The molecule has 0 saturated carbocycles. The number of rotatable bonds is 36. The Morgan fingerprint density at radius 1 is 0.560 bits per heavy atom. The number of carbonyl (C=O) groups is 12. The number of aliphatic hydroxyl groups is 1. The molecule has 18 N–H and O–H groups in total. The zero-order chi connectivity index (χ0) is 56.9. The minimum atomic E-state index is -2.00. The fourth-order valence-electron chi connectivity index (χ4n) is 6.68. The van der Waals surface area contributed by atoms with E-state index in [1.54, 1.807) is 20.1 Å². The number of aliphatic carboxylic acids is 3. The van der Waals surface area contributed by atoms with Crippen LogP contribution in [-0.2, 0) is 64.0 Å². The number of aliphatic hydroxyl groups excluding tert-OH is 1. The summed E-state index contributed by atoms with van der Waals surface area (Å²) >= 11 is 1.35. The van der Waals surface area contributed by atoms with E-state index in [1.165, 1.54) is 49.9 Å². The number of phenols is 1. The lowest BCUT2D eigenvalue weighted by molar-refractivity contribution is -0.143. The summed E-state index contributed by atoms with van der Waals surface area (Å²) in [6.45, 7) is 4.17. The minimum Gasteiger partial charge on any atom is -0.508 e. The van der Waals surface area contributed by atoms with Crippen molar-refractivity contribution in [3.63, 3.8) is 0 Å². The lowest BCUT2D eigenvalue weighted by Crippen LogP contribution is -2.61. The van der Waals surface area contributed by atoms with Gasteiger partial charge in [-0.2, -0.15) is 11.8 Å². The lowest BCUT2D eigenvalue weighted by Gasteiger charge is -2.27. The van der Waals surface area contributed by atoms with Gasteiger partial charge in [-0.25, -0.2) is 4.79 Å². The zero-order valence-electron chi connectivity index (χ0n) is 42.5. The summed E-state index contributed by atoms with van der Waals surface area (Å²) in [7, 11) is 0. The third-order valence-electron chi connectivity index (χ3n) is 11.1. The van der Waals surface area contributed by atoms with Gasteiger partial charge in [-0.15, -0.1) is 0 Å². The minimum absolute atomic E-state index is 0.101. The molecule has 0 bridgehead atoms. The number of hydrogen-bond acceptors (Lipinski definition) is 17. The van der Waals surface area contributed by atoms with Gasteiger partial charge in [0.05, 0.1) is 32.2 Å². The first-order valence-electron chi connectivity index (χ1n) is 23.9. The molecular formula is C46H73N11O17S. The van der Waals surface area contributed by atoms with Crippen LogP contribution < -0.4 is 59.3 Å². The summed E-state index contributed by atoms with van der Waals surface area (Å²) in [6.07, 6.45) is -0.518. The fourth-order valence-corrected chi connectivity index (χ4v) is 7.16. The monoisotopic (exact) mass is 1080 g/mol. The van der Waals surface area contributed by atoms with Crippen molar-refractivity contribution in [3.8, 4) is 5.75 Å². The maximum Gasteiger partial charge on any atom is 0.326 e. The Morgan fingerprint density at radius 2 is 1.04 bits per heavy atom. The van der Waals surface area contributed by atoms with Crippen LogP contribution in [0.2, 0.25) is 0 Å². The molecule has 0 radical (unpaired) electrons. The first kappa shape index (κ1) is 65.9. The molecule has 1 aromatic rings. The van der Waals surface area contributed by atoms with Gasteiger partial charge >= 0.3 is 17.9 Å². The van der Waals surface area contributed by atoms with Crippen LogP contribution in [0.15, 0.2) is 24.3 Å². The molecule has 0 unspecified atom stereocenters. The second kappa shape index (κ2) is 34.4. The first-order chi connectivity index (χ1) is 35.2. The van der Waals surface area contributed by atoms with Gasteiger partial charge in [0.25, 0.3) is 0 Å². The summed E-state index contributed by atoms with van der Waals surface area (Å²) in [5, 5.41) is 69.5. The zero-order valence-corrected chi connectivity index (χ0v) is 43.3. The van der Waals surface area contributed by atoms with E-state index in [4.69, 9.17) is 11.5 Å². The fraction of sp³-hybridized carbons (Fsp3) is 0.609. The molecule has 0 fully saturated rings. The molecule has 1 rings (SSSR count). The third-order valence-corrected chi connectivity index (χ3v) is 11.7. The number of nitrogens with two attached hydrogens (primary N) is 2. The normalized spacial score (nSPS) is 14.2. The van der Waals surface area contributed by atoms with E-state index in [-0.39, 0.29) is 43.9 Å². The standard InChI is InChI=1S/C46H73N11O17S/c1-23(2)37(48)45(72)50-21-34(61)52-29(15-17-75-5)39(66)49-20-33(60)51-28(13-14-35(62)63)41(68)53-27(8-6-7-16-47)40(67)55-31(19-36(64)65)42(69)56-32(22-58)44(71)54-30(18-25-9-11-26(59)12-10-25)43(70)57-38(24(3)4)46(73)74/h9-12,23-24,27-32,37-38,58-59H,6-8,13-22,47-48H2,1-5H3,(H,49,66)(H,50,72)(H,51,60)(H,52,61)(H,53,68)(H,54,71)(H,55,67)(H,56,69)(H,57,70)(H,62,63)(H,64,65)(H,73,74)/t27-,28-,29-,30-,31-,32-,37-,38-/m0/s1. The molecule has 0 aliphatic carbocycles. The van der Waals surface area contributed by atoms with Gasteiger partial charge in [0.1, 0.15) is 48.0 Å². The van der Waals surface area contributed by atoms with Crippen molar-refractivity contribution in [3.05, 3.63) is 29.8 Å². The Bertz CT molecular complexity index is 2130. The summed E-state index contributed by atoms with van der Waals surface area (Å²) in [6, 6.07) is -6.75. The molecule has 0 aromatic heterocycles. The highest BCUT2D eigenvalue weighted by Crippen LogP contribution is 2.13. The van der Waals surface area contributed by atoms with Gasteiger partial charge in [-0.1, -0.05) is 39.8 Å². The second-order valence-corrected chi connectivity index (χ2v) is 18.9. The van der Waals surface area contributed by atoms with Gasteiger partial charge in [0.15, 0.2) is 0 Å². The molecule has 28 nitrogen and oxygen atoms in total. The van der Waals surface area contributed by atoms with Gasteiger partial charge in [0.2, 0.25) is 53.2 Å². The lowest BCUT2D eigenvalue weighted by atomic mass is 10.0. The summed E-state index contributed by atoms with van der Waals surface area (Å²) in [5.74, 6) is -13.9. The number of benzene rings is 1. The van der Waals surface area contributed by atoms with Crippen molar-refractivity contribution in [1.29, 1.82) is 0 Å². The molecule has 8 atom stereocenters. The van der Waals surface area contributed by atoms with E-state index in [9.17, 15) is 83.1 Å². The van der Waals surface area contributed by atoms with E-state index in [2.05, 4.69) is 47.9 Å². The smallest absolute Gasteiger partial charge is 0.326 e. The second-order valence-electron chi connectivity index (χ2n) is 17.9. The molecule has 0 saturated heterocycles. The largest absolute Gasteiger partial charge is 0.508 e. The van der Waals surface area contributed by atoms with E-state index in [0.717, 1.165) is 0 Å². The number of carbonyl (C=O) groups excluding carboxylic acids is 9. The number of nitrogens with one attached hydrogen (secondary N) is 9. The Balaban J connectivity index is 3.30. The molecule has 29 heteroatoms. The number of carboxylic acid groups (broad SMARTS) is 3. The average molecular weight is 1080 g/mol. The number of thioether (sulfide) groups is 1. The molecule has 0 aliphatic heterocycles. The van der Waals surface area contributed by atoms with Crippen molar-refractivity contribution in [2.75, 3.05) is 38.2 Å². The van der Waals surface area contributed by atoms with Gasteiger partial charge < -0.3 is 84.9 Å². The summed E-state index contributed by atoms with van der Waals surface area (Å²) in [4.78, 5) is 155. The number of amides is 9. The molecular weight excluding hydrogens is 1010 g/mol. The van der Waals surface area contributed by atoms with E-state index in [0.29, 0.717) is 17.7 Å². The highest BCUT2D eigenvalue weighted by atomic mass is 32.2. The van der Waals surface area contributed by atoms with Crippen LogP contribution in [0.3, 0.4) is 0 Å². The van der Waals surface area contributed by atoms with Crippen LogP contribution in [-0.4, -0.2) is 183 Å². The molecule has 0 aliphatic rings. The third kappa shape index (κ3) is 25.6. The Morgan fingerprint density at radius 3 is 1.53 bits per heavy atom. The van der Waals surface area contributed by atoms with Crippen LogP contribution in [0.5, 0.6) is 5.75 Å². The predicted octanol–water partition coefficient (Wildman–Crippen LogP) is -4.50. The van der Waals surface area contributed by atoms with Gasteiger partial charge in [0, 0.05) is 12.8 Å².